The molecule has 0 radical (unpaired) electrons. The van der Waals surface area contributed by atoms with Gasteiger partial charge in [0.05, 0.1) is 23.6 Å². The molecule has 0 unspecified atom stereocenters. The fraction of sp³-hybridized carbons (Fsp3) is 0.615. The summed E-state index contributed by atoms with van der Waals surface area (Å²) in [6.07, 6.45) is 1.78. The zero-order valence-electron chi connectivity index (χ0n) is 10.9. The molecule has 1 fully saturated rings. The summed E-state index contributed by atoms with van der Waals surface area (Å²) >= 11 is 7.29. The van der Waals surface area contributed by atoms with Gasteiger partial charge in [-0.2, -0.15) is 0 Å². The zero-order chi connectivity index (χ0) is 13.7. The van der Waals surface area contributed by atoms with Gasteiger partial charge in [-0.25, -0.2) is 0 Å². The monoisotopic (exact) mass is 303 g/mol. The van der Waals surface area contributed by atoms with Crippen molar-refractivity contribution >= 4 is 28.8 Å². The summed E-state index contributed by atoms with van der Waals surface area (Å²) in [5.41, 5.74) is 0. The van der Waals surface area contributed by atoms with Crippen LogP contribution in [0.3, 0.4) is 0 Å². The molecular weight excluding hydrogens is 286 g/mol. The second-order valence-electron chi connectivity index (χ2n) is 4.53. The second kappa shape index (κ2) is 7.24. The summed E-state index contributed by atoms with van der Waals surface area (Å²) in [6.45, 7) is 3.53. The third-order valence-electron chi connectivity index (χ3n) is 2.99. The Morgan fingerprint density at radius 1 is 1.68 bits per heavy atom. The van der Waals surface area contributed by atoms with Crippen molar-refractivity contribution in [3.63, 3.8) is 0 Å². The summed E-state index contributed by atoms with van der Waals surface area (Å²) in [5, 5.41) is 2.83. The summed E-state index contributed by atoms with van der Waals surface area (Å²) in [4.78, 5) is 12.9. The molecule has 6 heteroatoms. The Balaban J connectivity index is 1.66. The van der Waals surface area contributed by atoms with Crippen molar-refractivity contribution < 1.29 is 14.3 Å². The first-order chi connectivity index (χ1) is 9.15. The van der Waals surface area contributed by atoms with Crippen LogP contribution >= 0.6 is 22.9 Å². The van der Waals surface area contributed by atoms with Gasteiger partial charge in [0.25, 0.3) is 0 Å². The van der Waals surface area contributed by atoms with Crippen molar-refractivity contribution in [2.75, 3.05) is 13.2 Å². The topological polar surface area (TPSA) is 47.6 Å². The molecule has 1 aliphatic rings. The minimum absolute atomic E-state index is 0.109. The van der Waals surface area contributed by atoms with Crippen LogP contribution in [0.4, 0.5) is 0 Å². The van der Waals surface area contributed by atoms with E-state index < -0.39 is 6.10 Å². The largest absolute Gasteiger partial charge is 0.376 e. The van der Waals surface area contributed by atoms with Crippen LogP contribution in [-0.4, -0.2) is 31.3 Å². The number of ether oxygens (including phenoxy) is 2. The van der Waals surface area contributed by atoms with Crippen molar-refractivity contribution in [1.82, 2.24) is 5.32 Å². The smallest absolute Gasteiger partial charge is 0.249 e. The minimum Gasteiger partial charge on any atom is -0.376 e. The van der Waals surface area contributed by atoms with E-state index in [9.17, 15) is 4.79 Å². The number of hydrogen-bond acceptors (Lipinski definition) is 4. The lowest BCUT2D eigenvalue weighted by Gasteiger charge is -2.15. The first-order valence-corrected chi connectivity index (χ1v) is 7.59. The molecule has 1 aromatic rings. The fourth-order valence-electron chi connectivity index (χ4n) is 1.87. The molecule has 106 valence electrons. The molecule has 4 nitrogen and oxygen atoms in total. The Labute approximate surface area is 122 Å². The van der Waals surface area contributed by atoms with Crippen LogP contribution in [0.5, 0.6) is 0 Å². The van der Waals surface area contributed by atoms with Crippen LogP contribution in [0.15, 0.2) is 12.1 Å². The minimum atomic E-state index is -0.459. The predicted octanol–water partition coefficient (Wildman–Crippen LogP) is 2.60. The lowest BCUT2D eigenvalue weighted by atomic mass is 10.2. The molecule has 1 aromatic heterocycles. The van der Waals surface area contributed by atoms with Crippen LogP contribution in [0, 0.1) is 0 Å². The van der Waals surface area contributed by atoms with E-state index in [2.05, 4.69) is 5.32 Å². The molecule has 0 spiro atoms. The first kappa shape index (κ1) is 14.8. The summed E-state index contributed by atoms with van der Waals surface area (Å²) in [7, 11) is 0. The van der Waals surface area contributed by atoms with E-state index in [1.807, 2.05) is 12.1 Å². The van der Waals surface area contributed by atoms with Crippen molar-refractivity contribution in [2.24, 2.45) is 0 Å². The highest BCUT2D eigenvalue weighted by Gasteiger charge is 2.19. The Kier molecular flexibility index (Phi) is 5.63. The summed E-state index contributed by atoms with van der Waals surface area (Å²) < 4.78 is 11.7. The Bertz CT molecular complexity index is 418. The molecule has 0 aliphatic carbocycles. The normalized spacial score (nSPS) is 20.4. The Morgan fingerprint density at radius 3 is 3.16 bits per heavy atom. The molecule has 1 saturated heterocycles. The molecule has 1 N–H and O–H groups in total. The van der Waals surface area contributed by atoms with E-state index in [-0.39, 0.29) is 12.0 Å². The van der Waals surface area contributed by atoms with E-state index in [0.29, 0.717) is 13.2 Å². The average molecular weight is 304 g/mol. The molecule has 2 atom stereocenters. The lowest BCUT2D eigenvalue weighted by molar-refractivity contribution is -0.133. The average Bonchev–Trinajstić information content (AvgIpc) is 3.04. The number of rotatable bonds is 6. The molecule has 0 bridgehead atoms. The summed E-state index contributed by atoms with van der Waals surface area (Å²) in [5.74, 6) is -0.109. The van der Waals surface area contributed by atoms with Crippen LogP contribution in [0.25, 0.3) is 0 Å². The van der Waals surface area contributed by atoms with Crippen LogP contribution in [0.1, 0.15) is 24.6 Å². The molecule has 2 heterocycles. The van der Waals surface area contributed by atoms with E-state index >= 15 is 0 Å². The van der Waals surface area contributed by atoms with Crippen molar-refractivity contribution in [1.29, 1.82) is 0 Å². The lowest BCUT2D eigenvalue weighted by Crippen LogP contribution is -2.35. The van der Waals surface area contributed by atoms with E-state index in [0.717, 1.165) is 28.7 Å². The number of carbonyl (C=O) groups is 1. The SMILES string of the molecule is C[C@@H](OC[C@H]1CCCO1)C(=O)NCc1ccc(Cl)s1. The summed E-state index contributed by atoms with van der Waals surface area (Å²) in [6, 6.07) is 3.73. The highest BCUT2D eigenvalue weighted by molar-refractivity contribution is 7.16. The predicted molar refractivity (Wildman–Crippen MR) is 75.6 cm³/mol. The van der Waals surface area contributed by atoms with Crippen LogP contribution < -0.4 is 5.32 Å². The third kappa shape index (κ3) is 4.76. The maximum Gasteiger partial charge on any atom is 0.249 e. The number of thiophene rings is 1. The van der Waals surface area contributed by atoms with Crippen LogP contribution in [-0.2, 0) is 20.8 Å². The van der Waals surface area contributed by atoms with E-state index in [1.54, 1.807) is 6.92 Å². The number of amides is 1. The number of nitrogens with one attached hydrogen (secondary N) is 1. The van der Waals surface area contributed by atoms with Crippen molar-refractivity contribution in [3.8, 4) is 0 Å². The fourth-order valence-corrected chi connectivity index (χ4v) is 2.90. The van der Waals surface area contributed by atoms with Gasteiger partial charge in [-0.15, -0.1) is 11.3 Å². The molecule has 19 heavy (non-hydrogen) atoms. The molecule has 1 aliphatic heterocycles. The number of hydrogen-bond donors (Lipinski definition) is 1. The van der Waals surface area contributed by atoms with Gasteiger partial charge in [0, 0.05) is 11.5 Å². The Morgan fingerprint density at radius 2 is 2.53 bits per heavy atom. The van der Waals surface area contributed by atoms with Gasteiger partial charge in [-0.1, -0.05) is 11.6 Å². The molecule has 0 saturated carbocycles. The van der Waals surface area contributed by atoms with Gasteiger partial charge < -0.3 is 14.8 Å². The molecule has 0 aromatic carbocycles. The molecular formula is C13H18ClNO3S. The first-order valence-electron chi connectivity index (χ1n) is 6.40. The number of carbonyl (C=O) groups excluding carboxylic acids is 1. The van der Waals surface area contributed by atoms with Gasteiger partial charge in [0.15, 0.2) is 0 Å². The molecule has 1 amide bonds. The second-order valence-corrected chi connectivity index (χ2v) is 6.33. The van der Waals surface area contributed by atoms with Crippen molar-refractivity contribution in [2.45, 2.75) is 38.5 Å². The van der Waals surface area contributed by atoms with Crippen molar-refractivity contribution in [3.05, 3.63) is 21.3 Å². The quantitative estimate of drug-likeness (QED) is 0.879. The highest BCUT2D eigenvalue weighted by atomic mass is 35.5. The van der Waals surface area contributed by atoms with Gasteiger partial charge in [-0.05, 0) is 31.9 Å². The van der Waals surface area contributed by atoms with E-state index in [4.69, 9.17) is 21.1 Å². The Hall–Kier alpha value is -0.620. The zero-order valence-corrected chi connectivity index (χ0v) is 12.4. The highest BCUT2D eigenvalue weighted by Crippen LogP contribution is 2.21. The maximum absolute atomic E-state index is 11.8. The standard InChI is InChI=1S/C13H18ClNO3S/c1-9(18-8-10-3-2-6-17-10)13(16)15-7-11-4-5-12(14)19-11/h4-5,9-10H,2-3,6-8H2,1H3,(H,15,16)/t9-,10-/m1/s1. The van der Waals surface area contributed by atoms with Gasteiger partial charge in [-0.3, -0.25) is 4.79 Å². The van der Waals surface area contributed by atoms with E-state index in [1.165, 1.54) is 11.3 Å². The molecule has 2 rings (SSSR count). The van der Waals surface area contributed by atoms with Gasteiger partial charge in [0.1, 0.15) is 6.10 Å². The third-order valence-corrected chi connectivity index (χ3v) is 4.22. The van der Waals surface area contributed by atoms with Gasteiger partial charge in [0.2, 0.25) is 5.91 Å². The maximum atomic E-state index is 11.8. The van der Waals surface area contributed by atoms with Crippen LogP contribution in [0.2, 0.25) is 4.34 Å². The van der Waals surface area contributed by atoms with Gasteiger partial charge >= 0.3 is 0 Å². The number of halogens is 1.